The number of anilines is 1. The molecule has 0 aliphatic rings. The predicted octanol–water partition coefficient (Wildman–Crippen LogP) is 0.0401. The van der Waals surface area contributed by atoms with Gasteiger partial charge in [-0.15, -0.1) is 6.42 Å². The number of hydrogen-bond acceptors (Lipinski definition) is 3. The Morgan fingerprint density at radius 1 is 1.56 bits per heavy atom. The van der Waals surface area contributed by atoms with Gasteiger partial charge in [0.15, 0.2) is 0 Å². The molecule has 0 radical (unpaired) electrons. The van der Waals surface area contributed by atoms with Gasteiger partial charge in [-0.25, -0.2) is 9.97 Å². The van der Waals surface area contributed by atoms with Crippen molar-refractivity contribution < 1.29 is 0 Å². The fourth-order valence-corrected chi connectivity index (χ4v) is 0.451. The second-order valence-corrected chi connectivity index (χ2v) is 1.47. The van der Waals surface area contributed by atoms with E-state index < -0.39 is 0 Å². The van der Waals surface area contributed by atoms with Crippen molar-refractivity contribution >= 4 is 5.82 Å². The standard InChI is InChI=1S/C6H5N3/c1-2-5-3-6(7)9-4-8-5/h1,3-4H,(H2,7,8,9). The zero-order chi connectivity index (χ0) is 6.69. The van der Waals surface area contributed by atoms with Crippen molar-refractivity contribution in [2.24, 2.45) is 0 Å². The Hall–Kier alpha value is -1.56. The van der Waals surface area contributed by atoms with E-state index >= 15 is 0 Å². The molecule has 0 fully saturated rings. The molecule has 3 heteroatoms. The third kappa shape index (κ3) is 1.16. The molecule has 1 rings (SSSR count). The Bertz CT molecular complexity index is 249. The average molecular weight is 119 g/mol. The molecular formula is C6H5N3. The minimum Gasteiger partial charge on any atom is -0.384 e. The largest absolute Gasteiger partial charge is 0.384 e. The number of rotatable bonds is 0. The van der Waals surface area contributed by atoms with Crippen LogP contribution in [0.5, 0.6) is 0 Å². The second kappa shape index (κ2) is 2.14. The maximum atomic E-state index is 5.29. The first-order chi connectivity index (χ1) is 4.33. The summed E-state index contributed by atoms with van der Waals surface area (Å²) in [5, 5.41) is 0. The van der Waals surface area contributed by atoms with Crippen molar-refractivity contribution in [1.29, 1.82) is 0 Å². The van der Waals surface area contributed by atoms with Crippen molar-refractivity contribution in [3.63, 3.8) is 0 Å². The van der Waals surface area contributed by atoms with Gasteiger partial charge in [-0.1, -0.05) is 5.92 Å². The van der Waals surface area contributed by atoms with Crippen molar-refractivity contribution in [3.05, 3.63) is 18.1 Å². The lowest BCUT2D eigenvalue weighted by atomic mass is 10.4. The number of nitrogens with zero attached hydrogens (tertiary/aromatic N) is 2. The van der Waals surface area contributed by atoms with Gasteiger partial charge < -0.3 is 5.73 Å². The van der Waals surface area contributed by atoms with Crippen LogP contribution in [0.25, 0.3) is 0 Å². The monoisotopic (exact) mass is 119 g/mol. The van der Waals surface area contributed by atoms with E-state index in [9.17, 15) is 0 Å². The number of aromatic nitrogens is 2. The van der Waals surface area contributed by atoms with Gasteiger partial charge in [0, 0.05) is 6.07 Å². The molecule has 0 spiro atoms. The van der Waals surface area contributed by atoms with Gasteiger partial charge in [-0.05, 0) is 0 Å². The molecule has 0 amide bonds. The first kappa shape index (κ1) is 5.57. The summed E-state index contributed by atoms with van der Waals surface area (Å²) >= 11 is 0. The summed E-state index contributed by atoms with van der Waals surface area (Å²) in [5.74, 6) is 2.74. The molecular weight excluding hydrogens is 114 g/mol. The summed E-state index contributed by atoms with van der Waals surface area (Å²) in [6, 6.07) is 1.54. The maximum Gasteiger partial charge on any atom is 0.128 e. The molecule has 1 heterocycles. The van der Waals surface area contributed by atoms with Crippen LogP contribution in [0.2, 0.25) is 0 Å². The van der Waals surface area contributed by atoms with Gasteiger partial charge >= 0.3 is 0 Å². The van der Waals surface area contributed by atoms with Crippen LogP contribution < -0.4 is 5.73 Å². The van der Waals surface area contributed by atoms with Crippen molar-refractivity contribution in [2.45, 2.75) is 0 Å². The Morgan fingerprint density at radius 3 is 2.78 bits per heavy atom. The fraction of sp³-hybridized carbons (Fsp3) is 0. The molecule has 0 atom stereocenters. The zero-order valence-electron chi connectivity index (χ0n) is 4.70. The van der Waals surface area contributed by atoms with E-state index in [1.165, 1.54) is 6.33 Å². The molecule has 0 aliphatic heterocycles. The normalized spacial score (nSPS) is 8.33. The van der Waals surface area contributed by atoms with Crippen LogP contribution in [0.1, 0.15) is 5.69 Å². The number of terminal acetylenes is 1. The lowest BCUT2D eigenvalue weighted by molar-refractivity contribution is 1.16. The first-order valence-corrected chi connectivity index (χ1v) is 2.37. The summed E-state index contributed by atoms with van der Waals surface area (Å²) in [6.45, 7) is 0. The Balaban J connectivity index is 3.12. The minimum absolute atomic E-state index is 0.401. The summed E-state index contributed by atoms with van der Waals surface area (Å²) in [6.07, 6.45) is 6.36. The highest BCUT2D eigenvalue weighted by atomic mass is 14.9. The molecule has 0 aliphatic carbocycles. The van der Waals surface area contributed by atoms with E-state index in [1.807, 2.05) is 0 Å². The first-order valence-electron chi connectivity index (χ1n) is 2.37. The predicted molar refractivity (Wildman–Crippen MR) is 34.4 cm³/mol. The molecule has 0 bridgehead atoms. The molecule has 9 heavy (non-hydrogen) atoms. The summed E-state index contributed by atoms with van der Waals surface area (Å²) < 4.78 is 0. The van der Waals surface area contributed by atoms with E-state index in [1.54, 1.807) is 6.07 Å². The topological polar surface area (TPSA) is 51.8 Å². The van der Waals surface area contributed by atoms with Crippen molar-refractivity contribution in [3.8, 4) is 12.3 Å². The summed E-state index contributed by atoms with van der Waals surface area (Å²) in [5.41, 5.74) is 5.80. The molecule has 2 N–H and O–H groups in total. The third-order valence-electron chi connectivity index (χ3n) is 0.836. The molecule has 0 saturated heterocycles. The lowest BCUT2D eigenvalue weighted by Crippen LogP contribution is -1.91. The molecule has 1 aromatic heterocycles. The maximum absolute atomic E-state index is 5.29. The highest BCUT2D eigenvalue weighted by Gasteiger charge is 1.87. The van der Waals surface area contributed by atoms with Crippen molar-refractivity contribution in [1.82, 2.24) is 9.97 Å². The van der Waals surface area contributed by atoms with Gasteiger partial charge in [-0.2, -0.15) is 0 Å². The fourth-order valence-electron chi connectivity index (χ4n) is 0.451. The summed E-state index contributed by atoms with van der Waals surface area (Å²) in [7, 11) is 0. The van der Waals surface area contributed by atoms with Crippen LogP contribution >= 0.6 is 0 Å². The molecule has 1 aromatic rings. The summed E-state index contributed by atoms with van der Waals surface area (Å²) in [4.78, 5) is 7.39. The van der Waals surface area contributed by atoms with Crippen LogP contribution in [0.15, 0.2) is 12.4 Å². The van der Waals surface area contributed by atoms with Crippen LogP contribution in [0.3, 0.4) is 0 Å². The SMILES string of the molecule is C#Cc1cc(N)ncn1. The molecule has 44 valence electrons. The minimum atomic E-state index is 0.401. The lowest BCUT2D eigenvalue weighted by Gasteiger charge is -1.88. The average Bonchev–Trinajstić information content (AvgIpc) is 1.88. The highest BCUT2D eigenvalue weighted by Crippen LogP contribution is 1.94. The third-order valence-corrected chi connectivity index (χ3v) is 0.836. The molecule has 0 aromatic carbocycles. The molecule has 0 saturated carbocycles. The molecule has 3 nitrogen and oxygen atoms in total. The Morgan fingerprint density at radius 2 is 2.33 bits per heavy atom. The van der Waals surface area contributed by atoms with Gasteiger partial charge in [0.05, 0.1) is 0 Å². The Kier molecular flexibility index (Phi) is 1.32. The van der Waals surface area contributed by atoms with E-state index in [2.05, 4.69) is 15.9 Å². The van der Waals surface area contributed by atoms with Gasteiger partial charge in [0.1, 0.15) is 17.8 Å². The van der Waals surface area contributed by atoms with Crippen LogP contribution in [0, 0.1) is 12.3 Å². The van der Waals surface area contributed by atoms with Crippen LogP contribution in [-0.2, 0) is 0 Å². The van der Waals surface area contributed by atoms with Gasteiger partial charge in [0.25, 0.3) is 0 Å². The zero-order valence-corrected chi connectivity index (χ0v) is 4.70. The van der Waals surface area contributed by atoms with Crippen LogP contribution in [-0.4, -0.2) is 9.97 Å². The number of nitrogen functional groups attached to an aromatic ring is 1. The van der Waals surface area contributed by atoms with E-state index in [0.29, 0.717) is 11.5 Å². The highest BCUT2D eigenvalue weighted by molar-refractivity contribution is 5.35. The van der Waals surface area contributed by atoms with Gasteiger partial charge in [0.2, 0.25) is 0 Å². The van der Waals surface area contributed by atoms with E-state index in [-0.39, 0.29) is 0 Å². The van der Waals surface area contributed by atoms with Crippen molar-refractivity contribution in [2.75, 3.05) is 5.73 Å². The van der Waals surface area contributed by atoms with E-state index in [4.69, 9.17) is 12.2 Å². The second-order valence-electron chi connectivity index (χ2n) is 1.47. The smallest absolute Gasteiger partial charge is 0.128 e. The van der Waals surface area contributed by atoms with Crippen LogP contribution in [0.4, 0.5) is 5.82 Å². The Labute approximate surface area is 52.9 Å². The van der Waals surface area contributed by atoms with E-state index in [0.717, 1.165) is 0 Å². The molecule has 0 unspecified atom stereocenters. The number of hydrogen-bond donors (Lipinski definition) is 1. The quantitative estimate of drug-likeness (QED) is 0.490. The number of nitrogens with two attached hydrogens (primary N) is 1. The van der Waals surface area contributed by atoms with Gasteiger partial charge in [-0.3, -0.25) is 0 Å².